The molecule has 1 aromatic rings. The molecule has 0 atom stereocenters. The van der Waals surface area contributed by atoms with Gasteiger partial charge < -0.3 is 4.74 Å². The van der Waals surface area contributed by atoms with Crippen LogP contribution in [0.3, 0.4) is 0 Å². The summed E-state index contributed by atoms with van der Waals surface area (Å²) in [5.41, 5.74) is 1.47. The van der Waals surface area contributed by atoms with E-state index in [2.05, 4.69) is 58.7 Å². The second-order valence-electron chi connectivity index (χ2n) is 8.46. The third-order valence-corrected chi connectivity index (χ3v) is 4.97. The van der Waals surface area contributed by atoms with Crippen LogP contribution >= 0.6 is 0 Å². The van der Waals surface area contributed by atoms with Gasteiger partial charge in [-0.3, -0.25) is 9.69 Å². The number of aryl methyl sites for hydroxylation is 1. The number of rotatable bonds is 2. The van der Waals surface area contributed by atoms with Crippen LogP contribution in [0.25, 0.3) is 0 Å². The summed E-state index contributed by atoms with van der Waals surface area (Å²) in [5, 5.41) is 0. The smallest absolute Gasteiger partial charge is 0.308 e. The molecule has 3 heteroatoms. The first-order valence-electron chi connectivity index (χ1n) is 11.9. The van der Waals surface area contributed by atoms with Crippen molar-refractivity contribution in [1.29, 1.82) is 0 Å². The van der Waals surface area contributed by atoms with Gasteiger partial charge in [0.25, 0.3) is 0 Å². The highest BCUT2D eigenvalue weighted by Crippen LogP contribution is 2.38. The quantitative estimate of drug-likeness (QED) is 0.452. The van der Waals surface area contributed by atoms with Gasteiger partial charge in [0.15, 0.2) is 0 Å². The molecule has 0 spiro atoms. The van der Waals surface area contributed by atoms with Crippen LogP contribution in [0.1, 0.15) is 101 Å². The fraction of sp³-hybridized carbons (Fsp3) is 0.741. The Balaban J connectivity index is -0.000000464. The summed E-state index contributed by atoms with van der Waals surface area (Å²) in [4.78, 5) is 14.1. The van der Waals surface area contributed by atoms with E-state index in [0.717, 1.165) is 12.8 Å². The van der Waals surface area contributed by atoms with Crippen molar-refractivity contribution in [1.82, 2.24) is 4.90 Å². The van der Waals surface area contributed by atoms with Crippen molar-refractivity contribution in [2.24, 2.45) is 5.92 Å². The first-order valence-corrected chi connectivity index (χ1v) is 11.9. The second-order valence-corrected chi connectivity index (χ2v) is 8.46. The molecule has 0 bridgehead atoms. The summed E-state index contributed by atoms with van der Waals surface area (Å²) in [5.74, 6) is -0.118. The maximum absolute atomic E-state index is 11.7. The lowest BCUT2D eigenvalue weighted by Crippen LogP contribution is -2.60. The van der Waals surface area contributed by atoms with Crippen LogP contribution in [0.15, 0.2) is 30.3 Å². The number of benzene rings is 1. The molecule has 0 unspecified atom stereocenters. The fourth-order valence-electron chi connectivity index (χ4n) is 3.20. The molecule has 0 saturated carbocycles. The number of piperidine rings is 1. The third kappa shape index (κ3) is 13.1. The molecule has 1 heterocycles. The average Bonchev–Trinajstić information content (AvgIpc) is 2.71. The summed E-state index contributed by atoms with van der Waals surface area (Å²) >= 11 is 0. The van der Waals surface area contributed by atoms with Gasteiger partial charge in [-0.05, 0) is 41.7 Å². The minimum Gasteiger partial charge on any atom is -0.462 e. The van der Waals surface area contributed by atoms with Gasteiger partial charge >= 0.3 is 5.97 Å². The number of hydrogen-bond acceptors (Lipinski definition) is 3. The Morgan fingerprint density at radius 1 is 0.900 bits per heavy atom. The number of ether oxygens (including phenoxy) is 1. The Morgan fingerprint density at radius 2 is 1.27 bits per heavy atom. The highest BCUT2D eigenvalue weighted by Gasteiger charge is 2.44. The SMILES string of the molecule is CC.CC.CC.CC(C)C(=O)OC1CC(C)(C)N(C)C(C)(C)C1.Cc1ccccc1. The molecule has 1 saturated heterocycles. The molecule has 178 valence electrons. The Morgan fingerprint density at radius 3 is 1.53 bits per heavy atom. The molecule has 0 radical (unpaired) electrons. The Kier molecular flexibility index (Phi) is 19.2. The van der Waals surface area contributed by atoms with Gasteiger partial charge in [0.2, 0.25) is 0 Å². The Labute approximate surface area is 189 Å². The molecular formula is C27H53NO2. The summed E-state index contributed by atoms with van der Waals surface area (Å²) < 4.78 is 5.61. The molecule has 1 aromatic carbocycles. The standard InChI is InChI=1S/C14H27NO2.C7H8.3C2H6/c1-10(2)12(16)17-11-8-13(3,4)15(7)14(5,6)9-11;1-7-5-3-2-4-6-7;3*1-2/h10-11H,8-9H2,1-7H3;2-6H,1H3;3*1-2H3. The molecule has 3 nitrogen and oxygen atoms in total. The molecular weight excluding hydrogens is 370 g/mol. The summed E-state index contributed by atoms with van der Waals surface area (Å²) in [6.45, 7) is 26.7. The number of carbonyl (C=O) groups excluding carboxylic acids is 1. The van der Waals surface area contributed by atoms with Gasteiger partial charge in [-0.15, -0.1) is 0 Å². The largest absolute Gasteiger partial charge is 0.462 e. The van der Waals surface area contributed by atoms with Crippen LogP contribution in [0.4, 0.5) is 0 Å². The van der Waals surface area contributed by atoms with Crippen molar-refractivity contribution in [3.63, 3.8) is 0 Å². The van der Waals surface area contributed by atoms with E-state index in [4.69, 9.17) is 4.74 Å². The summed E-state index contributed by atoms with van der Waals surface area (Å²) in [6.07, 6.45) is 1.86. The molecule has 0 N–H and O–H groups in total. The van der Waals surface area contributed by atoms with Crippen LogP contribution in [-0.4, -0.2) is 35.1 Å². The predicted octanol–water partition coefficient (Wildman–Crippen LogP) is 7.91. The van der Waals surface area contributed by atoms with Gasteiger partial charge in [-0.1, -0.05) is 91.3 Å². The lowest BCUT2D eigenvalue weighted by atomic mass is 9.78. The molecule has 1 aliphatic heterocycles. The van der Waals surface area contributed by atoms with Crippen LogP contribution in [0.2, 0.25) is 0 Å². The second kappa shape index (κ2) is 17.3. The monoisotopic (exact) mass is 423 g/mol. The van der Waals surface area contributed by atoms with Crippen molar-refractivity contribution in [2.45, 2.75) is 120 Å². The molecule has 0 aromatic heterocycles. The zero-order chi connectivity index (χ0) is 24.5. The summed E-state index contributed by atoms with van der Waals surface area (Å²) in [7, 11) is 2.15. The van der Waals surface area contributed by atoms with E-state index in [1.54, 1.807) is 0 Å². The van der Waals surface area contributed by atoms with Gasteiger partial charge in [0, 0.05) is 23.9 Å². The van der Waals surface area contributed by atoms with Crippen LogP contribution in [-0.2, 0) is 9.53 Å². The molecule has 1 fully saturated rings. The van der Waals surface area contributed by atoms with Crippen LogP contribution in [0.5, 0.6) is 0 Å². The zero-order valence-electron chi connectivity index (χ0n) is 22.7. The van der Waals surface area contributed by atoms with E-state index in [9.17, 15) is 4.79 Å². The maximum Gasteiger partial charge on any atom is 0.308 e. The molecule has 30 heavy (non-hydrogen) atoms. The maximum atomic E-state index is 11.7. The van der Waals surface area contributed by atoms with Crippen molar-refractivity contribution in [2.75, 3.05) is 7.05 Å². The van der Waals surface area contributed by atoms with Gasteiger partial charge in [0.05, 0.1) is 5.92 Å². The normalized spacial score (nSPS) is 16.8. The van der Waals surface area contributed by atoms with E-state index in [1.807, 2.05) is 73.6 Å². The van der Waals surface area contributed by atoms with Crippen LogP contribution < -0.4 is 0 Å². The first-order chi connectivity index (χ1) is 14.0. The van der Waals surface area contributed by atoms with Gasteiger partial charge in [0.1, 0.15) is 6.10 Å². The van der Waals surface area contributed by atoms with Crippen molar-refractivity contribution in [3.05, 3.63) is 35.9 Å². The Bertz CT molecular complexity index is 503. The number of nitrogens with zero attached hydrogens (tertiary/aromatic N) is 1. The van der Waals surface area contributed by atoms with Crippen molar-refractivity contribution < 1.29 is 9.53 Å². The summed E-state index contributed by atoms with van der Waals surface area (Å²) in [6, 6.07) is 10.3. The lowest BCUT2D eigenvalue weighted by Gasteiger charge is -2.53. The van der Waals surface area contributed by atoms with E-state index < -0.39 is 0 Å². The molecule has 2 rings (SSSR count). The van der Waals surface area contributed by atoms with E-state index in [0.29, 0.717) is 0 Å². The predicted molar refractivity (Wildman–Crippen MR) is 135 cm³/mol. The number of likely N-dealkylation sites (tertiary alicyclic amines) is 1. The van der Waals surface area contributed by atoms with E-state index in [-0.39, 0.29) is 29.1 Å². The number of hydrogen-bond donors (Lipinski definition) is 0. The highest BCUT2D eigenvalue weighted by molar-refractivity contribution is 5.71. The minimum absolute atomic E-state index is 0.0409. The fourth-order valence-corrected chi connectivity index (χ4v) is 3.20. The third-order valence-electron chi connectivity index (χ3n) is 4.97. The van der Waals surface area contributed by atoms with Crippen molar-refractivity contribution >= 4 is 5.97 Å². The lowest BCUT2D eigenvalue weighted by molar-refractivity contribution is -0.162. The Hall–Kier alpha value is -1.35. The van der Waals surface area contributed by atoms with Crippen LogP contribution in [0, 0.1) is 12.8 Å². The van der Waals surface area contributed by atoms with Gasteiger partial charge in [-0.25, -0.2) is 0 Å². The first kappa shape index (κ1) is 33.3. The average molecular weight is 424 g/mol. The zero-order valence-corrected chi connectivity index (χ0v) is 22.7. The molecule has 0 amide bonds. The number of carbonyl (C=O) groups is 1. The number of esters is 1. The highest BCUT2D eigenvalue weighted by atomic mass is 16.5. The molecule has 1 aliphatic rings. The van der Waals surface area contributed by atoms with E-state index in [1.165, 1.54) is 5.56 Å². The van der Waals surface area contributed by atoms with Crippen molar-refractivity contribution in [3.8, 4) is 0 Å². The topological polar surface area (TPSA) is 29.5 Å². The van der Waals surface area contributed by atoms with Gasteiger partial charge in [-0.2, -0.15) is 0 Å². The molecule has 0 aliphatic carbocycles. The van der Waals surface area contributed by atoms with E-state index >= 15 is 0 Å². The minimum atomic E-state index is -0.0776.